The average Bonchev–Trinajstić information content (AvgIpc) is 2.92. The third-order valence-electron chi connectivity index (χ3n) is 6.79. The number of aromatic nitrogens is 2. The van der Waals surface area contributed by atoms with Crippen LogP contribution in [0.1, 0.15) is 18.8 Å². The summed E-state index contributed by atoms with van der Waals surface area (Å²) in [5.41, 5.74) is 0.165. The van der Waals surface area contributed by atoms with E-state index in [1.54, 1.807) is 31.2 Å². The van der Waals surface area contributed by atoms with E-state index < -0.39 is 29.5 Å². The van der Waals surface area contributed by atoms with E-state index >= 15 is 4.39 Å². The zero-order chi connectivity index (χ0) is 27.7. The molecule has 1 aliphatic heterocycles. The highest BCUT2D eigenvalue weighted by molar-refractivity contribution is 6.02. The van der Waals surface area contributed by atoms with E-state index in [1.807, 2.05) is 12.1 Å². The number of benzene rings is 3. The Morgan fingerprint density at radius 3 is 2.31 bits per heavy atom. The Balaban J connectivity index is 1.65. The maximum atomic E-state index is 15.1. The van der Waals surface area contributed by atoms with Gasteiger partial charge in [-0.05, 0) is 62.5 Å². The number of amides is 2. The van der Waals surface area contributed by atoms with Gasteiger partial charge in [0.05, 0.1) is 22.6 Å². The van der Waals surface area contributed by atoms with Gasteiger partial charge >= 0.3 is 6.03 Å². The monoisotopic (exact) mass is 536 g/mol. The molecule has 1 unspecified atom stereocenters. The molecule has 1 atom stereocenters. The molecule has 2 amide bonds. The van der Waals surface area contributed by atoms with Crippen molar-refractivity contribution in [2.75, 3.05) is 48.5 Å². The van der Waals surface area contributed by atoms with Crippen molar-refractivity contribution in [3.05, 3.63) is 100 Å². The summed E-state index contributed by atoms with van der Waals surface area (Å²) in [5, 5.41) is 4.91. The number of rotatable bonds is 5. The number of halogens is 3. The lowest BCUT2D eigenvalue weighted by Crippen LogP contribution is -2.55. The summed E-state index contributed by atoms with van der Waals surface area (Å²) in [6.07, 6.45) is 0. The fourth-order valence-corrected chi connectivity index (χ4v) is 4.68. The van der Waals surface area contributed by atoms with Crippen molar-refractivity contribution >= 4 is 28.3 Å². The Morgan fingerprint density at radius 1 is 0.949 bits per heavy atom. The van der Waals surface area contributed by atoms with Crippen LogP contribution in [0.25, 0.3) is 10.9 Å². The SMILES string of the molecule is CC(c1nc2ccccc2c(=O)n1N1CCN(C)CC1)N(C(=O)Nc1ccc(F)cc1)c1ccc(F)cc1F. The summed E-state index contributed by atoms with van der Waals surface area (Å²) in [4.78, 5) is 35.4. The van der Waals surface area contributed by atoms with Crippen LogP contribution in [0.3, 0.4) is 0 Å². The molecule has 3 aromatic carbocycles. The number of carbonyl (C=O) groups is 1. The molecule has 39 heavy (non-hydrogen) atoms. The third kappa shape index (κ3) is 5.30. The number of nitrogens with zero attached hydrogens (tertiary/aromatic N) is 5. The predicted octanol–water partition coefficient (Wildman–Crippen LogP) is 4.50. The summed E-state index contributed by atoms with van der Waals surface area (Å²) >= 11 is 0. The Morgan fingerprint density at radius 2 is 1.62 bits per heavy atom. The lowest BCUT2D eigenvalue weighted by molar-refractivity contribution is 0.253. The number of piperazine rings is 1. The highest BCUT2D eigenvalue weighted by Crippen LogP contribution is 2.30. The second kappa shape index (κ2) is 10.8. The molecular formula is C28H27F3N6O2. The van der Waals surface area contributed by atoms with Crippen LogP contribution in [0, 0.1) is 17.5 Å². The maximum absolute atomic E-state index is 15.1. The Hall–Kier alpha value is -4.38. The topological polar surface area (TPSA) is 73.7 Å². The number of urea groups is 1. The van der Waals surface area contributed by atoms with Crippen LogP contribution in [0.4, 0.5) is 29.3 Å². The van der Waals surface area contributed by atoms with Crippen LogP contribution >= 0.6 is 0 Å². The van der Waals surface area contributed by atoms with Gasteiger partial charge in [-0.1, -0.05) is 12.1 Å². The van der Waals surface area contributed by atoms with Gasteiger partial charge in [0.1, 0.15) is 17.5 Å². The first kappa shape index (κ1) is 26.2. The fourth-order valence-electron chi connectivity index (χ4n) is 4.68. The lowest BCUT2D eigenvalue weighted by atomic mass is 10.1. The van der Waals surface area contributed by atoms with Crippen molar-refractivity contribution in [3.63, 3.8) is 0 Å². The number of hydrogen-bond acceptors (Lipinski definition) is 5. The van der Waals surface area contributed by atoms with Crippen molar-refractivity contribution in [1.29, 1.82) is 0 Å². The molecule has 0 aliphatic carbocycles. The minimum Gasteiger partial charge on any atom is -0.308 e. The molecule has 1 saturated heterocycles. The van der Waals surface area contributed by atoms with Crippen LogP contribution in [0.15, 0.2) is 71.5 Å². The summed E-state index contributed by atoms with van der Waals surface area (Å²) < 4.78 is 43.9. The quantitative estimate of drug-likeness (QED) is 0.407. The molecule has 202 valence electrons. The Kier molecular flexibility index (Phi) is 7.25. The van der Waals surface area contributed by atoms with Gasteiger partial charge in [0.15, 0.2) is 5.82 Å². The minimum absolute atomic E-state index is 0.209. The maximum Gasteiger partial charge on any atom is 0.327 e. The molecule has 1 fully saturated rings. The second-order valence-corrected chi connectivity index (χ2v) is 9.44. The summed E-state index contributed by atoms with van der Waals surface area (Å²) in [5.74, 6) is -2.05. The number of fused-ring (bicyclic) bond motifs is 1. The van der Waals surface area contributed by atoms with Crippen molar-refractivity contribution in [2.24, 2.45) is 0 Å². The number of para-hydroxylation sites is 1. The van der Waals surface area contributed by atoms with Crippen molar-refractivity contribution in [3.8, 4) is 0 Å². The van der Waals surface area contributed by atoms with Crippen LogP contribution in [-0.2, 0) is 0 Å². The molecule has 1 aliphatic rings. The van der Waals surface area contributed by atoms with Crippen molar-refractivity contribution in [1.82, 2.24) is 14.6 Å². The molecule has 0 saturated carbocycles. The smallest absolute Gasteiger partial charge is 0.308 e. The average molecular weight is 537 g/mol. The number of hydrogen-bond donors (Lipinski definition) is 1. The molecule has 1 N–H and O–H groups in total. The first-order chi connectivity index (χ1) is 18.7. The normalized spacial score (nSPS) is 14.8. The van der Waals surface area contributed by atoms with Gasteiger partial charge in [-0.3, -0.25) is 9.69 Å². The zero-order valence-corrected chi connectivity index (χ0v) is 21.4. The lowest BCUT2D eigenvalue weighted by Gasteiger charge is -2.38. The van der Waals surface area contributed by atoms with Crippen molar-refractivity contribution < 1.29 is 18.0 Å². The van der Waals surface area contributed by atoms with E-state index in [9.17, 15) is 18.4 Å². The second-order valence-electron chi connectivity index (χ2n) is 9.44. The summed E-state index contributed by atoms with van der Waals surface area (Å²) in [6.45, 7) is 4.09. The van der Waals surface area contributed by atoms with Crippen LogP contribution in [-0.4, -0.2) is 53.8 Å². The van der Waals surface area contributed by atoms with E-state index in [-0.39, 0.29) is 22.8 Å². The molecule has 2 heterocycles. The van der Waals surface area contributed by atoms with Crippen LogP contribution in [0.5, 0.6) is 0 Å². The summed E-state index contributed by atoms with van der Waals surface area (Å²) in [7, 11) is 1.99. The Bertz CT molecular complexity index is 1570. The van der Waals surface area contributed by atoms with Gasteiger partial charge in [0, 0.05) is 37.9 Å². The van der Waals surface area contributed by atoms with Gasteiger partial charge in [0.25, 0.3) is 5.56 Å². The molecular weight excluding hydrogens is 509 g/mol. The largest absolute Gasteiger partial charge is 0.327 e. The van der Waals surface area contributed by atoms with E-state index in [0.29, 0.717) is 43.1 Å². The minimum atomic E-state index is -0.984. The van der Waals surface area contributed by atoms with Gasteiger partial charge in [-0.2, -0.15) is 0 Å². The van der Waals surface area contributed by atoms with Gasteiger partial charge < -0.3 is 15.2 Å². The molecule has 4 aromatic rings. The van der Waals surface area contributed by atoms with Gasteiger partial charge in [-0.15, -0.1) is 0 Å². The molecule has 0 bridgehead atoms. The highest BCUT2D eigenvalue weighted by atomic mass is 19.1. The molecule has 0 radical (unpaired) electrons. The zero-order valence-electron chi connectivity index (χ0n) is 21.4. The van der Waals surface area contributed by atoms with E-state index in [2.05, 4.69) is 10.2 Å². The molecule has 0 spiro atoms. The van der Waals surface area contributed by atoms with Crippen LogP contribution < -0.4 is 20.8 Å². The van der Waals surface area contributed by atoms with Crippen LogP contribution in [0.2, 0.25) is 0 Å². The van der Waals surface area contributed by atoms with Gasteiger partial charge in [-0.25, -0.2) is 27.6 Å². The molecule has 5 rings (SSSR count). The van der Waals surface area contributed by atoms with Crippen molar-refractivity contribution in [2.45, 2.75) is 13.0 Å². The summed E-state index contributed by atoms with van der Waals surface area (Å²) in [6, 6.07) is 13.1. The predicted molar refractivity (Wildman–Crippen MR) is 144 cm³/mol. The van der Waals surface area contributed by atoms with E-state index in [1.165, 1.54) is 28.9 Å². The van der Waals surface area contributed by atoms with E-state index in [0.717, 1.165) is 17.0 Å². The first-order valence-corrected chi connectivity index (χ1v) is 12.5. The standard InChI is InChI=1S/C28H27F3N6O2/c1-18(26-33-24-6-4-3-5-22(24)27(38)37(26)35-15-13-34(2)14-16-35)36(25-12-9-20(30)17-23(25)31)28(39)32-21-10-7-19(29)8-11-21/h3-12,17-18H,13-16H2,1-2H3,(H,32,39). The molecule has 11 heteroatoms. The van der Waals surface area contributed by atoms with Gasteiger partial charge in [0.2, 0.25) is 0 Å². The third-order valence-corrected chi connectivity index (χ3v) is 6.79. The Labute approximate surface area is 222 Å². The number of carbonyl (C=O) groups excluding carboxylic acids is 1. The number of anilines is 2. The molecule has 1 aromatic heterocycles. The van der Waals surface area contributed by atoms with E-state index in [4.69, 9.17) is 4.98 Å². The molecule has 8 nitrogen and oxygen atoms in total. The first-order valence-electron chi connectivity index (χ1n) is 12.5. The highest BCUT2D eigenvalue weighted by Gasteiger charge is 2.32. The fraction of sp³-hybridized carbons (Fsp3) is 0.250. The number of nitrogens with one attached hydrogen (secondary N) is 1. The number of likely N-dealkylation sites (N-methyl/N-ethyl adjacent to an activating group) is 1.